The van der Waals surface area contributed by atoms with Gasteiger partial charge in [0.15, 0.2) is 11.5 Å². The van der Waals surface area contributed by atoms with Crippen LogP contribution in [0.4, 0.5) is 4.79 Å². The van der Waals surface area contributed by atoms with Gasteiger partial charge in [0.1, 0.15) is 5.60 Å². The molecule has 0 spiro atoms. The summed E-state index contributed by atoms with van der Waals surface area (Å²) in [6.07, 6.45) is 4.08. The van der Waals surface area contributed by atoms with Crippen LogP contribution in [0.1, 0.15) is 105 Å². The second-order valence-electron chi connectivity index (χ2n) is 13.9. The first-order valence-electron chi connectivity index (χ1n) is 17.6. The molecule has 11 heteroatoms. The Balaban J connectivity index is 3.15. The molecule has 0 aliphatic rings. The summed E-state index contributed by atoms with van der Waals surface area (Å²) in [5.41, 5.74) is 0.330. The number of carbonyl (C=O) groups is 3. The number of rotatable bonds is 24. The van der Waals surface area contributed by atoms with E-state index in [1.165, 1.54) is 7.11 Å². The van der Waals surface area contributed by atoms with Crippen molar-refractivity contribution < 1.29 is 43.2 Å². The molecular formula is C37H64N2O9. The van der Waals surface area contributed by atoms with E-state index in [4.69, 9.17) is 23.7 Å². The summed E-state index contributed by atoms with van der Waals surface area (Å²) in [6.45, 7) is 15.6. The number of hydrogen-bond donors (Lipinski definition) is 3. The van der Waals surface area contributed by atoms with E-state index in [-0.39, 0.29) is 30.1 Å². The predicted molar refractivity (Wildman–Crippen MR) is 187 cm³/mol. The first-order valence-corrected chi connectivity index (χ1v) is 17.6. The lowest BCUT2D eigenvalue weighted by Gasteiger charge is -2.32. The Bertz CT molecular complexity index is 1070. The zero-order valence-electron chi connectivity index (χ0n) is 31.0. The maximum absolute atomic E-state index is 12.9. The Kier molecular flexibility index (Phi) is 20.9. The van der Waals surface area contributed by atoms with Crippen molar-refractivity contribution in [2.75, 3.05) is 40.6 Å². The fourth-order valence-corrected chi connectivity index (χ4v) is 5.14. The van der Waals surface area contributed by atoms with Gasteiger partial charge in [-0.15, -0.1) is 0 Å². The maximum Gasteiger partial charge on any atom is 0.407 e. The average Bonchev–Trinajstić information content (AvgIpc) is 3.01. The third kappa shape index (κ3) is 18.5. The molecule has 1 rings (SSSR count). The highest BCUT2D eigenvalue weighted by molar-refractivity contribution is 5.78. The molecule has 276 valence electrons. The molecule has 0 saturated carbocycles. The Labute approximate surface area is 289 Å². The van der Waals surface area contributed by atoms with Crippen LogP contribution >= 0.6 is 0 Å². The fourth-order valence-electron chi connectivity index (χ4n) is 5.14. The van der Waals surface area contributed by atoms with E-state index < -0.39 is 29.8 Å². The van der Waals surface area contributed by atoms with Gasteiger partial charge >= 0.3 is 12.1 Å². The lowest BCUT2D eigenvalue weighted by Crippen LogP contribution is -2.48. The van der Waals surface area contributed by atoms with Gasteiger partial charge in [0.2, 0.25) is 5.91 Å². The minimum Gasteiger partial charge on any atom is -0.490 e. The second kappa shape index (κ2) is 23.3. The summed E-state index contributed by atoms with van der Waals surface area (Å²) in [6, 6.07) is 5.27. The third-order valence-corrected chi connectivity index (χ3v) is 8.06. The van der Waals surface area contributed by atoms with Gasteiger partial charge in [0, 0.05) is 39.0 Å². The molecule has 0 saturated heterocycles. The minimum atomic E-state index is -0.958. The van der Waals surface area contributed by atoms with Gasteiger partial charge < -0.3 is 39.4 Å². The number of hydrogen-bond acceptors (Lipinski definition) is 9. The molecule has 1 aromatic carbocycles. The van der Waals surface area contributed by atoms with Gasteiger partial charge in [0.25, 0.3) is 0 Å². The summed E-state index contributed by atoms with van der Waals surface area (Å²) >= 11 is 0. The van der Waals surface area contributed by atoms with Crippen LogP contribution in [0.2, 0.25) is 0 Å². The predicted octanol–water partition coefficient (Wildman–Crippen LogP) is 6.23. The first-order chi connectivity index (χ1) is 22.7. The van der Waals surface area contributed by atoms with Gasteiger partial charge in [-0.3, -0.25) is 9.59 Å². The fraction of sp³-hybridized carbons (Fsp3) is 0.757. The Hall–Kier alpha value is -3.05. The minimum absolute atomic E-state index is 0.0692. The van der Waals surface area contributed by atoms with E-state index in [1.807, 2.05) is 18.2 Å². The number of benzene rings is 1. The van der Waals surface area contributed by atoms with E-state index >= 15 is 0 Å². The van der Waals surface area contributed by atoms with Crippen molar-refractivity contribution in [3.8, 4) is 11.5 Å². The van der Waals surface area contributed by atoms with Gasteiger partial charge in [-0.2, -0.15) is 0 Å². The number of ether oxygens (including phenoxy) is 5. The molecule has 3 N–H and O–H groups in total. The highest BCUT2D eigenvalue weighted by atomic mass is 16.6. The largest absolute Gasteiger partial charge is 0.490 e. The Morgan fingerprint density at radius 3 is 2.21 bits per heavy atom. The quantitative estimate of drug-likeness (QED) is 0.0856. The van der Waals surface area contributed by atoms with E-state index in [1.54, 1.807) is 34.8 Å². The van der Waals surface area contributed by atoms with E-state index in [0.717, 1.165) is 24.8 Å². The van der Waals surface area contributed by atoms with Crippen LogP contribution in [0.25, 0.3) is 0 Å². The molecule has 2 amide bonds. The van der Waals surface area contributed by atoms with Gasteiger partial charge in [0.05, 0.1) is 32.5 Å². The second-order valence-corrected chi connectivity index (χ2v) is 13.9. The Morgan fingerprint density at radius 2 is 1.58 bits per heavy atom. The number of esters is 1. The monoisotopic (exact) mass is 680 g/mol. The van der Waals surface area contributed by atoms with Crippen molar-refractivity contribution in [3.05, 3.63) is 23.8 Å². The number of alkyl carbamates (subject to hydrolysis) is 1. The van der Waals surface area contributed by atoms with Gasteiger partial charge in [-0.1, -0.05) is 40.2 Å². The van der Waals surface area contributed by atoms with Crippen LogP contribution in [-0.4, -0.2) is 81.4 Å². The number of aliphatic hydroxyl groups is 1. The van der Waals surface area contributed by atoms with Crippen LogP contribution in [0.5, 0.6) is 11.5 Å². The lowest BCUT2D eigenvalue weighted by molar-refractivity contribution is -0.140. The zero-order valence-corrected chi connectivity index (χ0v) is 31.0. The molecule has 0 aliphatic heterocycles. The molecule has 0 bridgehead atoms. The summed E-state index contributed by atoms with van der Waals surface area (Å²) in [5.74, 6) is 0.767. The normalized spacial score (nSPS) is 14.1. The van der Waals surface area contributed by atoms with Crippen molar-refractivity contribution >= 4 is 18.0 Å². The molecule has 48 heavy (non-hydrogen) atoms. The number of carbonyl (C=O) groups excluding carboxylic acids is 3. The molecule has 1 aromatic rings. The maximum atomic E-state index is 12.9. The van der Waals surface area contributed by atoms with E-state index in [0.29, 0.717) is 70.0 Å². The molecule has 4 atom stereocenters. The molecule has 0 heterocycles. The first kappa shape index (κ1) is 43.0. The zero-order chi connectivity index (χ0) is 36.1. The number of nitrogens with one attached hydrogen (secondary N) is 2. The summed E-state index contributed by atoms with van der Waals surface area (Å²) < 4.78 is 27.6. The molecule has 0 radical (unpaired) electrons. The van der Waals surface area contributed by atoms with E-state index in [9.17, 15) is 19.5 Å². The van der Waals surface area contributed by atoms with Crippen molar-refractivity contribution in [1.82, 2.24) is 10.6 Å². The lowest BCUT2D eigenvalue weighted by atomic mass is 9.82. The van der Waals surface area contributed by atoms with Crippen LogP contribution in [0.15, 0.2) is 18.2 Å². The van der Waals surface area contributed by atoms with Crippen LogP contribution in [-0.2, 0) is 30.2 Å². The molecule has 0 unspecified atom stereocenters. The van der Waals surface area contributed by atoms with Crippen LogP contribution < -0.4 is 20.1 Å². The highest BCUT2D eigenvalue weighted by Gasteiger charge is 2.31. The molecule has 11 nitrogen and oxygen atoms in total. The van der Waals surface area contributed by atoms with E-state index in [2.05, 4.69) is 31.4 Å². The SMILES string of the molecule is CCCCNC(=O)[C@H](C)C[C@H](O)[C@H](C[C@H](Cc1ccc(OCCCCC(=O)OC)c(OCCCOC)c1)C(C)C)NC(=O)OC(C)(C)C. The summed E-state index contributed by atoms with van der Waals surface area (Å²) in [4.78, 5) is 37.0. The standard InChI is InChI=1S/C37H64N2O9/c1-10-11-18-38-35(42)27(4)22-31(40)30(39-36(43)48-37(5,6)7)25-29(26(2)3)23-28-16-17-32(33(24-28)47-21-14-19-44-8)46-20-13-12-15-34(41)45-9/h16-17,24,26-27,29-31,40H,10-15,18-23,25H2,1-9H3,(H,38,42)(H,39,43)/t27-,29+,30+,31+/m1/s1. The van der Waals surface area contributed by atoms with Crippen molar-refractivity contribution in [2.45, 2.75) is 124 Å². The van der Waals surface area contributed by atoms with Gasteiger partial charge in [-0.25, -0.2) is 4.79 Å². The summed E-state index contributed by atoms with van der Waals surface area (Å²) in [7, 11) is 3.04. The number of methoxy groups -OCH3 is 2. The number of unbranched alkanes of at least 4 members (excludes halogenated alkanes) is 2. The summed E-state index contributed by atoms with van der Waals surface area (Å²) in [5, 5.41) is 17.3. The molecular weight excluding hydrogens is 616 g/mol. The third-order valence-electron chi connectivity index (χ3n) is 8.06. The van der Waals surface area contributed by atoms with Crippen molar-refractivity contribution in [3.63, 3.8) is 0 Å². The van der Waals surface area contributed by atoms with Gasteiger partial charge in [-0.05, 0) is 88.8 Å². The van der Waals surface area contributed by atoms with Crippen molar-refractivity contribution in [2.24, 2.45) is 17.8 Å². The topological polar surface area (TPSA) is 142 Å². The number of aliphatic hydroxyl groups excluding tert-OH is 1. The highest BCUT2D eigenvalue weighted by Crippen LogP contribution is 2.32. The average molecular weight is 681 g/mol. The van der Waals surface area contributed by atoms with Crippen LogP contribution in [0, 0.1) is 17.8 Å². The molecule has 0 aromatic heterocycles. The number of amides is 2. The van der Waals surface area contributed by atoms with Crippen molar-refractivity contribution in [1.29, 1.82) is 0 Å². The molecule has 0 aliphatic carbocycles. The smallest absolute Gasteiger partial charge is 0.407 e. The van der Waals surface area contributed by atoms with Crippen LogP contribution in [0.3, 0.4) is 0 Å². The Morgan fingerprint density at radius 1 is 0.896 bits per heavy atom. The molecule has 0 fully saturated rings.